The van der Waals surface area contributed by atoms with Gasteiger partial charge in [0.1, 0.15) is 17.3 Å². The van der Waals surface area contributed by atoms with Gasteiger partial charge in [0.2, 0.25) is 0 Å². The molecule has 0 amide bonds. The second-order valence-electron chi connectivity index (χ2n) is 18.0. The van der Waals surface area contributed by atoms with E-state index in [2.05, 4.69) is 71.1 Å². The van der Waals surface area contributed by atoms with Crippen LogP contribution in [0.3, 0.4) is 0 Å². The first kappa shape index (κ1) is 32.2. The molecule has 1 heterocycles. The van der Waals surface area contributed by atoms with Crippen molar-refractivity contribution in [2.45, 2.75) is 113 Å². The van der Waals surface area contributed by atoms with Crippen LogP contribution in [0.5, 0.6) is 0 Å². The summed E-state index contributed by atoms with van der Waals surface area (Å²) < 4.78 is 16.0. The van der Waals surface area contributed by atoms with Crippen LogP contribution >= 0.6 is 11.6 Å². The van der Waals surface area contributed by atoms with Gasteiger partial charge in [-0.05, 0) is 127 Å². The Labute approximate surface area is 279 Å². The van der Waals surface area contributed by atoms with Gasteiger partial charge >= 0.3 is 5.97 Å². The van der Waals surface area contributed by atoms with Crippen LogP contribution in [0, 0.1) is 62.0 Å². The Hall–Kier alpha value is -2.34. The molecule has 5 aliphatic carbocycles. The first-order valence-corrected chi connectivity index (χ1v) is 18.0. The number of carboxylic acids is 1. The van der Waals surface area contributed by atoms with Crippen LogP contribution in [0.15, 0.2) is 46.4 Å². The topological polar surface area (TPSA) is 65.0 Å². The number of benzene rings is 1. The van der Waals surface area contributed by atoms with Gasteiger partial charge in [0.05, 0.1) is 15.6 Å². The van der Waals surface area contributed by atoms with Crippen molar-refractivity contribution >= 4 is 29.5 Å². The fourth-order valence-corrected chi connectivity index (χ4v) is 12.4. The third-order valence-corrected chi connectivity index (χ3v) is 15.5. The Morgan fingerprint density at radius 3 is 2.46 bits per heavy atom. The van der Waals surface area contributed by atoms with Gasteiger partial charge in [0, 0.05) is 11.5 Å². The second kappa shape index (κ2) is 10.3. The van der Waals surface area contributed by atoms with Crippen molar-refractivity contribution < 1.29 is 19.0 Å². The Bertz CT molecular complexity index is 1610. The molecule has 248 valence electrons. The molecule has 6 aliphatic rings. The number of hydrogen-bond acceptors (Lipinski definition) is 3. The normalized spacial score (nSPS) is 43.1. The predicted molar refractivity (Wildman–Crippen MR) is 181 cm³/mol. The van der Waals surface area contributed by atoms with Gasteiger partial charge in [-0.25, -0.2) is 4.39 Å². The van der Waals surface area contributed by atoms with Crippen LogP contribution in [0.25, 0.3) is 5.70 Å². The minimum Gasteiger partial charge on any atom is -0.481 e. The van der Waals surface area contributed by atoms with E-state index in [1.807, 2.05) is 10.9 Å². The summed E-state index contributed by atoms with van der Waals surface area (Å²) in [6.45, 7) is 17.3. The first-order chi connectivity index (χ1) is 21.5. The smallest absolute Gasteiger partial charge is 0.310 e. The molecule has 1 aromatic carbocycles. The predicted octanol–water partition coefficient (Wildman–Crippen LogP) is 10.7. The van der Waals surface area contributed by atoms with Crippen molar-refractivity contribution in [3.63, 3.8) is 0 Å². The lowest BCUT2D eigenvalue weighted by Gasteiger charge is -2.71. The molecule has 0 radical (unpaired) electrons. The minimum absolute atomic E-state index is 0.0340. The van der Waals surface area contributed by atoms with E-state index < -0.39 is 17.2 Å². The van der Waals surface area contributed by atoms with Crippen molar-refractivity contribution in [3.8, 4) is 0 Å². The van der Waals surface area contributed by atoms with Crippen molar-refractivity contribution in [2.24, 2.45) is 66.5 Å². The zero-order valence-corrected chi connectivity index (χ0v) is 29.6. The molecular weight excluding hydrogens is 597 g/mol. The molecule has 4 saturated carbocycles. The lowest BCUT2D eigenvalue weighted by Crippen LogP contribution is -2.64. The number of allylic oxidation sites excluding steroid dienone is 2. The lowest BCUT2D eigenvalue weighted by atomic mass is 9.33. The zero-order chi connectivity index (χ0) is 33.1. The van der Waals surface area contributed by atoms with E-state index in [9.17, 15) is 14.3 Å². The number of aliphatic carboxylic acids is 1. The summed E-state index contributed by atoms with van der Waals surface area (Å²) in [5, 5.41) is 19.6. The Morgan fingerprint density at radius 2 is 1.74 bits per heavy atom. The van der Waals surface area contributed by atoms with Gasteiger partial charge in [-0.3, -0.25) is 4.79 Å². The van der Waals surface area contributed by atoms with Gasteiger partial charge < -0.3 is 5.11 Å². The SMILES string of the molecule is CC1(C)CC[C@]2(C(=O)O)CC[C@]3(C)C(=CCC4[C@@]5(C)CCC(/C=[N+]6/C=C(c7ccc(Cl)c(F)c7)N=N6)C(C)(C)C5CC[C@]43C)C2C1. The van der Waals surface area contributed by atoms with Gasteiger partial charge in [0.15, 0.2) is 6.20 Å². The monoisotopic (exact) mass is 648 g/mol. The fraction of sp³-hybridized carbons (Fsp3) is 0.692. The van der Waals surface area contributed by atoms with Crippen LogP contribution in [0.2, 0.25) is 5.02 Å². The van der Waals surface area contributed by atoms with Crippen LogP contribution in [-0.2, 0) is 4.79 Å². The van der Waals surface area contributed by atoms with Crippen molar-refractivity contribution in [2.75, 3.05) is 0 Å². The highest BCUT2D eigenvalue weighted by Crippen LogP contribution is 2.76. The fourth-order valence-electron chi connectivity index (χ4n) is 12.2. The van der Waals surface area contributed by atoms with Gasteiger partial charge in [0.25, 0.3) is 5.70 Å². The number of carbonyl (C=O) groups is 1. The average molecular weight is 649 g/mol. The Kier molecular flexibility index (Phi) is 7.24. The van der Waals surface area contributed by atoms with Crippen LogP contribution in [-0.4, -0.2) is 22.0 Å². The molecule has 0 aromatic heterocycles. The number of rotatable bonds is 3. The van der Waals surface area contributed by atoms with E-state index in [-0.39, 0.29) is 38.0 Å². The molecule has 1 aliphatic heterocycles. The van der Waals surface area contributed by atoms with Gasteiger partial charge in [-0.15, -0.1) is 4.68 Å². The van der Waals surface area contributed by atoms with E-state index in [1.165, 1.54) is 30.9 Å². The highest BCUT2D eigenvalue weighted by Gasteiger charge is 2.69. The van der Waals surface area contributed by atoms with Crippen LogP contribution in [0.1, 0.15) is 118 Å². The van der Waals surface area contributed by atoms with E-state index in [0.29, 0.717) is 29.0 Å². The second-order valence-corrected chi connectivity index (χ2v) is 18.4. The molecule has 8 atom stereocenters. The molecule has 1 N–H and O–H groups in total. The highest BCUT2D eigenvalue weighted by molar-refractivity contribution is 6.30. The third kappa shape index (κ3) is 4.43. The summed E-state index contributed by atoms with van der Waals surface area (Å²) in [5.41, 5.74) is 2.84. The maximum atomic E-state index is 14.1. The number of hydrogen-bond donors (Lipinski definition) is 1. The first-order valence-electron chi connectivity index (χ1n) is 17.6. The quantitative estimate of drug-likeness (QED) is 0.262. The van der Waals surface area contributed by atoms with Crippen LogP contribution < -0.4 is 0 Å². The number of fused-ring (bicyclic) bond motifs is 7. The molecule has 7 rings (SSSR count). The maximum absolute atomic E-state index is 14.1. The van der Waals surface area contributed by atoms with Crippen molar-refractivity contribution in [1.82, 2.24) is 0 Å². The molecule has 5 nitrogen and oxygen atoms in total. The summed E-state index contributed by atoms with van der Waals surface area (Å²) in [5.74, 6) is 0.608. The molecule has 46 heavy (non-hydrogen) atoms. The van der Waals surface area contributed by atoms with Crippen LogP contribution in [0.4, 0.5) is 4.39 Å². The molecule has 1 aromatic rings. The average Bonchev–Trinajstić information content (AvgIpc) is 3.44. The number of nitrogens with zero attached hydrogens (tertiary/aromatic N) is 3. The van der Waals surface area contributed by atoms with E-state index in [1.54, 1.807) is 12.1 Å². The molecule has 0 saturated heterocycles. The summed E-state index contributed by atoms with van der Waals surface area (Å²) in [7, 11) is 0. The van der Waals surface area contributed by atoms with Gasteiger partial charge in [-0.1, -0.05) is 71.7 Å². The highest BCUT2D eigenvalue weighted by atomic mass is 35.5. The largest absolute Gasteiger partial charge is 0.481 e. The summed E-state index contributed by atoms with van der Waals surface area (Å²) >= 11 is 5.90. The number of carboxylic acid groups (broad SMARTS) is 1. The molecule has 0 bridgehead atoms. The Morgan fingerprint density at radius 1 is 1.00 bits per heavy atom. The number of halogens is 2. The van der Waals surface area contributed by atoms with E-state index >= 15 is 0 Å². The standard InChI is InChI=1S/C39H51ClFN3O2/c1-34(2)16-18-39(33(45)46)19-17-37(6)26(27(39)21-34)9-11-32-36(5)14-12-25(35(3,4)31(36)13-15-38(32,37)7)22-44-23-30(42-43-44)24-8-10-28(40)29(41)20-24/h8-10,20,22-23,25,27,31-32H,11-19,21H2,1-7H3/p+1/b44-22-/t25?,27?,31?,32?,36-,37+,38+,39-/m0/s1. The summed E-state index contributed by atoms with van der Waals surface area (Å²) in [6, 6.07) is 4.76. The lowest BCUT2D eigenvalue weighted by molar-refractivity contribution is -0.462. The van der Waals surface area contributed by atoms with Crippen molar-refractivity contribution in [1.29, 1.82) is 0 Å². The Balaban J connectivity index is 1.18. The van der Waals surface area contributed by atoms with E-state index in [0.717, 1.165) is 44.9 Å². The molecule has 0 spiro atoms. The molecule has 7 heteroatoms. The zero-order valence-electron chi connectivity index (χ0n) is 28.8. The molecular formula is C39H52ClFN3O2+. The maximum Gasteiger partial charge on any atom is 0.310 e. The summed E-state index contributed by atoms with van der Waals surface area (Å²) in [4.78, 5) is 13.0. The van der Waals surface area contributed by atoms with E-state index in [4.69, 9.17) is 11.6 Å². The molecule has 4 unspecified atom stereocenters. The molecule has 4 fully saturated rings. The van der Waals surface area contributed by atoms with Gasteiger partial charge in [-0.2, -0.15) is 0 Å². The third-order valence-electron chi connectivity index (χ3n) is 15.2. The minimum atomic E-state index is -0.593. The summed E-state index contributed by atoms with van der Waals surface area (Å²) in [6.07, 6.45) is 17.0. The van der Waals surface area contributed by atoms with Crippen molar-refractivity contribution in [3.05, 3.63) is 52.5 Å².